The van der Waals surface area contributed by atoms with Gasteiger partial charge in [-0.2, -0.15) is 0 Å². The molecular formula is C25H34N2O7. The molecule has 9 heteroatoms. The van der Waals surface area contributed by atoms with Crippen molar-refractivity contribution in [3.05, 3.63) is 58.9 Å². The molecule has 0 aromatic heterocycles. The van der Waals surface area contributed by atoms with Crippen LogP contribution in [0, 0.1) is 0 Å². The maximum Gasteiger partial charge on any atom is 0.355 e. The lowest BCUT2D eigenvalue weighted by molar-refractivity contribution is -0.154. The summed E-state index contributed by atoms with van der Waals surface area (Å²) in [7, 11) is 4.33. The highest BCUT2D eigenvalue weighted by Gasteiger charge is 2.35. The number of esters is 3. The van der Waals surface area contributed by atoms with Gasteiger partial charge in [-0.15, -0.1) is 0 Å². The minimum atomic E-state index is -1.04. The molecule has 0 unspecified atom stereocenters. The smallest absolute Gasteiger partial charge is 0.355 e. The summed E-state index contributed by atoms with van der Waals surface area (Å²) < 4.78 is 15.8. The molecule has 0 bridgehead atoms. The Morgan fingerprint density at radius 1 is 0.824 bits per heavy atom. The molecule has 1 aromatic rings. The first-order valence-electron chi connectivity index (χ1n) is 10.6. The maximum atomic E-state index is 13.3. The van der Waals surface area contributed by atoms with Gasteiger partial charge in [0, 0.05) is 25.9 Å². The fourth-order valence-electron chi connectivity index (χ4n) is 2.58. The normalized spacial score (nSPS) is 12.8. The van der Waals surface area contributed by atoms with Gasteiger partial charge >= 0.3 is 17.9 Å². The van der Waals surface area contributed by atoms with E-state index in [9.17, 15) is 19.2 Å². The molecule has 0 heterocycles. The molecule has 1 rings (SSSR count). The number of benzene rings is 1. The van der Waals surface area contributed by atoms with Crippen LogP contribution in [-0.4, -0.2) is 61.1 Å². The van der Waals surface area contributed by atoms with Gasteiger partial charge in [0.2, 0.25) is 0 Å². The van der Waals surface area contributed by atoms with E-state index < -0.39 is 46.3 Å². The molecule has 0 fully saturated rings. The Balaban J connectivity index is 3.86. The van der Waals surface area contributed by atoms with Crippen molar-refractivity contribution in [1.29, 1.82) is 0 Å². The summed E-state index contributed by atoms with van der Waals surface area (Å²) in [6, 6.07) is 8.07. The van der Waals surface area contributed by atoms with E-state index in [-0.39, 0.29) is 11.1 Å². The van der Waals surface area contributed by atoms with Gasteiger partial charge in [0.25, 0.3) is 5.91 Å². The third kappa shape index (κ3) is 9.09. The number of hydrogen-bond acceptors (Lipinski definition) is 8. The van der Waals surface area contributed by atoms with Crippen molar-refractivity contribution in [2.24, 2.45) is 0 Å². The Hall–Kier alpha value is -3.62. The van der Waals surface area contributed by atoms with Gasteiger partial charge in [0.1, 0.15) is 22.5 Å². The van der Waals surface area contributed by atoms with E-state index in [1.807, 2.05) is 0 Å². The molecule has 0 atom stereocenters. The second-order valence-electron chi connectivity index (χ2n) is 9.57. The average Bonchev–Trinajstić information content (AvgIpc) is 2.69. The van der Waals surface area contributed by atoms with E-state index in [2.05, 4.69) is 5.32 Å². The van der Waals surface area contributed by atoms with Crippen molar-refractivity contribution in [2.75, 3.05) is 21.2 Å². The fraction of sp³-hybridized carbons (Fsp3) is 0.440. The second kappa shape index (κ2) is 11.5. The predicted molar refractivity (Wildman–Crippen MR) is 126 cm³/mol. The van der Waals surface area contributed by atoms with Crippen LogP contribution in [0.2, 0.25) is 0 Å². The van der Waals surface area contributed by atoms with E-state index in [1.165, 1.54) is 23.2 Å². The molecule has 0 spiro atoms. The molecule has 0 aliphatic rings. The number of rotatable bonds is 7. The number of nitrogens with one attached hydrogen (secondary N) is 1. The van der Waals surface area contributed by atoms with E-state index in [0.717, 1.165) is 7.11 Å². The number of carbonyl (C=O) groups is 4. The molecular weight excluding hydrogens is 440 g/mol. The highest BCUT2D eigenvalue weighted by molar-refractivity contribution is 6.13. The number of carbonyl (C=O) groups excluding carboxylic acids is 4. The Morgan fingerprint density at radius 3 is 1.76 bits per heavy atom. The van der Waals surface area contributed by atoms with Crippen LogP contribution >= 0.6 is 0 Å². The second-order valence-corrected chi connectivity index (χ2v) is 9.57. The molecule has 34 heavy (non-hydrogen) atoms. The average molecular weight is 475 g/mol. The molecule has 186 valence electrons. The first-order valence-corrected chi connectivity index (χ1v) is 10.6. The summed E-state index contributed by atoms with van der Waals surface area (Å²) in [6.45, 7) is 9.87. The summed E-state index contributed by atoms with van der Waals surface area (Å²) in [5.74, 6) is -3.63. The number of nitrogens with zero attached hydrogens (tertiary/aromatic N) is 1. The standard InChI is InChI=1S/C25H34N2O7/c1-24(2,3)33-21(29)17(15-27(7)8)18(22(30)34-25(4,5)6)19(23(31)32-9)26-20(28)16-13-11-10-12-14-16/h10-15H,1-9H3,(H,26,28)/b17-15+,19-18+. The van der Waals surface area contributed by atoms with Gasteiger partial charge in [0.05, 0.1) is 12.7 Å². The van der Waals surface area contributed by atoms with E-state index in [0.29, 0.717) is 0 Å². The summed E-state index contributed by atoms with van der Waals surface area (Å²) in [5, 5.41) is 2.42. The van der Waals surface area contributed by atoms with Crippen molar-refractivity contribution in [2.45, 2.75) is 52.7 Å². The molecule has 0 aliphatic carbocycles. The number of ether oxygens (including phenoxy) is 3. The van der Waals surface area contributed by atoms with Crippen LogP contribution in [0.4, 0.5) is 0 Å². The van der Waals surface area contributed by atoms with E-state index >= 15 is 0 Å². The van der Waals surface area contributed by atoms with E-state index in [1.54, 1.807) is 73.8 Å². The SMILES string of the molecule is COC(=O)/C(NC(=O)c1ccccc1)=C(C(=O)OC(C)(C)C)/C(=C\N(C)C)C(=O)OC(C)(C)C. The Labute approximate surface area is 200 Å². The summed E-state index contributed by atoms with van der Waals surface area (Å²) in [6.07, 6.45) is 1.31. The van der Waals surface area contributed by atoms with Gasteiger partial charge in [0.15, 0.2) is 0 Å². The quantitative estimate of drug-likeness (QED) is 0.278. The van der Waals surface area contributed by atoms with E-state index in [4.69, 9.17) is 14.2 Å². The molecule has 0 aliphatic heterocycles. The Kier molecular flexibility index (Phi) is 9.60. The van der Waals surface area contributed by atoms with Crippen LogP contribution in [0.5, 0.6) is 0 Å². The van der Waals surface area contributed by atoms with Crippen molar-refractivity contribution >= 4 is 23.8 Å². The summed E-state index contributed by atoms with van der Waals surface area (Å²) in [4.78, 5) is 53.6. The lowest BCUT2D eigenvalue weighted by atomic mass is 10.0. The molecule has 9 nitrogen and oxygen atoms in total. The fourth-order valence-corrected chi connectivity index (χ4v) is 2.58. The third-order valence-corrected chi connectivity index (χ3v) is 3.79. The topological polar surface area (TPSA) is 111 Å². The highest BCUT2D eigenvalue weighted by atomic mass is 16.6. The van der Waals surface area contributed by atoms with Gasteiger partial charge in [-0.1, -0.05) is 18.2 Å². The van der Waals surface area contributed by atoms with Crippen LogP contribution in [0.15, 0.2) is 53.4 Å². The maximum absolute atomic E-state index is 13.3. The number of methoxy groups -OCH3 is 1. The Bertz CT molecular complexity index is 979. The highest BCUT2D eigenvalue weighted by Crippen LogP contribution is 2.24. The first kappa shape index (κ1) is 28.4. The van der Waals surface area contributed by atoms with Crippen LogP contribution in [-0.2, 0) is 28.6 Å². The van der Waals surface area contributed by atoms with Gasteiger partial charge in [-0.25, -0.2) is 14.4 Å². The third-order valence-electron chi connectivity index (χ3n) is 3.79. The van der Waals surface area contributed by atoms with Gasteiger partial charge < -0.3 is 24.4 Å². The first-order chi connectivity index (χ1) is 15.6. The zero-order valence-corrected chi connectivity index (χ0v) is 21.3. The van der Waals surface area contributed by atoms with Crippen LogP contribution in [0.1, 0.15) is 51.9 Å². The molecule has 0 saturated heterocycles. The summed E-state index contributed by atoms with van der Waals surface area (Å²) >= 11 is 0. The van der Waals surface area contributed by atoms with Crippen molar-refractivity contribution in [1.82, 2.24) is 10.2 Å². The van der Waals surface area contributed by atoms with Gasteiger partial charge in [-0.05, 0) is 53.7 Å². The number of amides is 1. The van der Waals surface area contributed by atoms with Crippen molar-refractivity contribution in [3.8, 4) is 0 Å². The predicted octanol–water partition coefficient (Wildman–Crippen LogP) is 2.97. The van der Waals surface area contributed by atoms with Crippen molar-refractivity contribution < 1.29 is 33.4 Å². The van der Waals surface area contributed by atoms with Crippen LogP contribution in [0.25, 0.3) is 0 Å². The molecule has 1 N–H and O–H groups in total. The largest absolute Gasteiger partial charge is 0.464 e. The summed E-state index contributed by atoms with van der Waals surface area (Å²) in [5.41, 5.74) is -2.98. The van der Waals surface area contributed by atoms with Crippen LogP contribution in [0.3, 0.4) is 0 Å². The Morgan fingerprint density at radius 2 is 1.32 bits per heavy atom. The number of hydrogen-bond donors (Lipinski definition) is 1. The minimum absolute atomic E-state index is 0.225. The van der Waals surface area contributed by atoms with Crippen molar-refractivity contribution in [3.63, 3.8) is 0 Å². The minimum Gasteiger partial charge on any atom is -0.464 e. The lowest BCUT2D eigenvalue weighted by Crippen LogP contribution is -2.36. The molecule has 0 saturated carbocycles. The lowest BCUT2D eigenvalue weighted by Gasteiger charge is -2.25. The monoisotopic (exact) mass is 474 g/mol. The zero-order valence-electron chi connectivity index (χ0n) is 21.3. The van der Waals surface area contributed by atoms with Gasteiger partial charge in [-0.3, -0.25) is 4.79 Å². The molecule has 0 radical (unpaired) electrons. The molecule has 1 amide bonds. The van der Waals surface area contributed by atoms with Crippen LogP contribution < -0.4 is 5.32 Å². The molecule has 1 aromatic carbocycles. The zero-order chi connectivity index (χ0) is 26.3.